The van der Waals surface area contributed by atoms with Crippen molar-refractivity contribution in [2.24, 2.45) is 5.92 Å². The standard InChI is InChI=1S/C18H21FN4O3/c1-11(2)17(3,10-20)21-14(24)9-23-15(25)18(4,22-16(23)26)12-7-5-6-8-13(12)19/h5-8,11H,9H2,1-4H3,(H,21,24)(H,22,26)/t17-,18+/m0/s1. The first-order valence-electron chi connectivity index (χ1n) is 8.16. The van der Waals surface area contributed by atoms with Crippen molar-refractivity contribution in [2.45, 2.75) is 38.8 Å². The molecule has 0 aromatic heterocycles. The number of urea groups is 1. The first kappa shape index (κ1) is 19.4. The molecule has 0 saturated carbocycles. The van der Waals surface area contributed by atoms with Gasteiger partial charge in [-0.15, -0.1) is 0 Å². The van der Waals surface area contributed by atoms with Crippen LogP contribution in [-0.2, 0) is 15.1 Å². The summed E-state index contributed by atoms with van der Waals surface area (Å²) < 4.78 is 14.1. The van der Waals surface area contributed by atoms with E-state index in [0.717, 1.165) is 4.90 Å². The number of carbonyl (C=O) groups is 3. The fraction of sp³-hybridized carbons (Fsp3) is 0.444. The molecule has 26 heavy (non-hydrogen) atoms. The van der Waals surface area contributed by atoms with E-state index in [1.54, 1.807) is 26.8 Å². The van der Waals surface area contributed by atoms with Gasteiger partial charge in [0, 0.05) is 5.56 Å². The van der Waals surface area contributed by atoms with Crippen molar-refractivity contribution >= 4 is 17.8 Å². The molecule has 2 N–H and O–H groups in total. The summed E-state index contributed by atoms with van der Waals surface area (Å²) in [6.45, 7) is 5.93. The van der Waals surface area contributed by atoms with Gasteiger partial charge in [-0.1, -0.05) is 32.0 Å². The molecule has 2 atom stereocenters. The van der Waals surface area contributed by atoms with Crippen LogP contribution < -0.4 is 10.6 Å². The van der Waals surface area contributed by atoms with E-state index >= 15 is 0 Å². The number of nitrogens with one attached hydrogen (secondary N) is 2. The summed E-state index contributed by atoms with van der Waals surface area (Å²) in [5, 5.41) is 14.3. The molecule has 1 aromatic carbocycles. The van der Waals surface area contributed by atoms with E-state index in [0.29, 0.717) is 0 Å². The normalized spacial score (nSPS) is 22.0. The summed E-state index contributed by atoms with van der Waals surface area (Å²) in [5.74, 6) is -2.19. The molecule has 1 fully saturated rings. The number of nitrogens with zero attached hydrogens (tertiary/aromatic N) is 2. The van der Waals surface area contributed by atoms with E-state index in [-0.39, 0.29) is 11.5 Å². The monoisotopic (exact) mass is 360 g/mol. The number of nitriles is 1. The Labute approximate surface area is 151 Å². The van der Waals surface area contributed by atoms with Crippen LogP contribution in [0.25, 0.3) is 0 Å². The van der Waals surface area contributed by atoms with Gasteiger partial charge in [-0.2, -0.15) is 5.26 Å². The highest BCUT2D eigenvalue weighted by Gasteiger charge is 2.50. The molecule has 7 nitrogen and oxygen atoms in total. The van der Waals surface area contributed by atoms with Gasteiger partial charge in [-0.25, -0.2) is 9.18 Å². The molecule has 8 heteroatoms. The fourth-order valence-electron chi connectivity index (χ4n) is 2.66. The lowest BCUT2D eigenvalue weighted by Gasteiger charge is -2.28. The third kappa shape index (κ3) is 3.25. The zero-order valence-electron chi connectivity index (χ0n) is 15.1. The maximum atomic E-state index is 14.1. The van der Waals surface area contributed by atoms with Gasteiger partial charge in [-0.3, -0.25) is 14.5 Å². The minimum absolute atomic E-state index is 0.0188. The Hall–Kier alpha value is -2.95. The SMILES string of the molecule is CC(C)[C@](C)(C#N)NC(=O)CN1C(=O)N[C@](C)(c2ccccc2F)C1=O. The first-order valence-corrected chi connectivity index (χ1v) is 8.16. The molecule has 2 rings (SSSR count). The van der Waals surface area contributed by atoms with Gasteiger partial charge >= 0.3 is 6.03 Å². The number of carbonyl (C=O) groups excluding carboxylic acids is 3. The lowest BCUT2D eigenvalue weighted by molar-refractivity contribution is -0.135. The van der Waals surface area contributed by atoms with Crippen LogP contribution in [0.2, 0.25) is 0 Å². The van der Waals surface area contributed by atoms with E-state index in [1.807, 2.05) is 6.07 Å². The van der Waals surface area contributed by atoms with Gasteiger partial charge in [0.05, 0.1) is 6.07 Å². The number of hydrogen-bond donors (Lipinski definition) is 2. The zero-order chi connectivity index (χ0) is 19.7. The average molecular weight is 360 g/mol. The summed E-state index contributed by atoms with van der Waals surface area (Å²) in [6, 6.07) is 6.85. The topological polar surface area (TPSA) is 102 Å². The summed E-state index contributed by atoms with van der Waals surface area (Å²) >= 11 is 0. The van der Waals surface area contributed by atoms with Crippen LogP contribution >= 0.6 is 0 Å². The van der Waals surface area contributed by atoms with Crippen molar-refractivity contribution in [3.05, 3.63) is 35.6 Å². The summed E-state index contributed by atoms with van der Waals surface area (Å²) in [6.07, 6.45) is 0. The number of benzene rings is 1. The molecule has 0 bridgehead atoms. The van der Waals surface area contributed by atoms with E-state index < -0.39 is 41.3 Å². The third-order valence-electron chi connectivity index (χ3n) is 4.78. The minimum atomic E-state index is -1.60. The van der Waals surface area contributed by atoms with Gasteiger partial charge < -0.3 is 10.6 Å². The third-order valence-corrected chi connectivity index (χ3v) is 4.78. The fourth-order valence-corrected chi connectivity index (χ4v) is 2.66. The maximum Gasteiger partial charge on any atom is 0.325 e. The van der Waals surface area contributed by atoms with E-state index in [1.165, 1.54) is 25.1 Å². The molecule has 4 amide bonds. The Bertz CT molecular complexity index is 804. The molecule has 1 aromatic rings. The Balaban J connectivity index is 2.21. The average Bonchev–Trinajstić information content (AvgIpc) is 2.79. The van der Waals surface area contributed by atoms with Crippen molar-refractivity contribution < 1.29 is 18.8 Å². The molecule has 0 aliphatic carbocycles. The number of hydrogen-bond acceptors (Lipinski definition) is 4. The highest BCUT2D eigenvalue weighted by Crippen LogP contribution is 2.30. The van der Waals surface area contributed by atoms with E-state index in [9.17, 15) is 24.0 Å². The molecular formula is C18H21FN4O3. The minimum Gasteiger partial charge on any atom is -0.336 e. The molecule has 0 unspecified atom stereocenters. The smallest absolute Gasteiger partial charge is 0.325 e. The van der Waals surface area contributed by atoms with Crippen LogP contribution in [0.3, 0.4) is 0 Å². The van der Waals surface area contributed by atoms with Crippen LogP contribution in [0, 0.1) is 23.1 Å². The van der Waals surface area contributed by atoms with Gasteiger partial charge in [0.2, 0.25) is 5.91 Å². The largest absolute Gasteiger partial charge is 0.336 e. The van der Waals surface area contributed by atoms with Gasteiger partial charge in [-0.05, 0) is 25.8 Å². The number of rotatable bonds is 5. The quantitative estimate of drug-likeness (QED) is 0.779. The van der Waals surface area contributed by atoms with Gasteiger partial charge in [0.25, 0.3) is 5.91 Å². The molecule has 0 radical (unpaired) electrons. The summed E-state index contributed by atoms with van der Waals surface area (Å²) in [5.41, 5.74) is -2.71. The van der Waals surface area contributed by atoms with Crippen LogP contribution in [-0.4, -0.2) is 34.8 Å². The predicted molar refractivity (Wildman–Crippen MR) is 91.0 cm³/mol. The highest BCUT2D eigenvalue weighted by atomic mass is 19.1. The predicted octanol–water partition coefficient (Wildman–Crippen LogP) is 1.65. The molecule has 0 spiro atoms. The molecule has 1 aliphatic heterocycles. The summed E-state index contributed by atoms with van der Waals surface area (Å²) in [4.78, 5) is 37.9. The Morgan fingerprint density at radius 2 is 2.04 bits per heavy atom. The van der Waals surface area contributed by atoms with Crippen molar-refractivity contribution in [2.75, 3.05) is 6.54 Å². The first-order chi connectivity index (χ1) is 12.0. The van der Waals surface area contributed by atoms with Gasteiger partial charge in [0.15, 0.2) is 0 Å². The molecule has 1 heterocycles. The summed E-state index contributed by atoms with van der Waals surface area (Å²) in [7, 11) is 0. The Morgan fingerprint density at radius 3 is 2.58 bits per heavy atom. The second-order valence-electron chi connectivity index (χ2n) is 6.94. The highest BCUT2D eigenvalue weighted by molar-refractivity contribution is 6.09. The van der Waals surface area contributed by atoms with Gasteiger partial charge in [0.1, 0.15) is 23.4 Å². The van der Waals surface area contributed by atoms with Crippen molar-refractivity contribution in [3.63, 3.8) is 0 Å². The van der Waals surface area contributed by atoms with E-state index in [4.69, 9.17) is 0 Å². The lowest BCUT2D eigenvalue weighted by atomic mass is 9.90. The van der Waals surface area contributed by atoms with Crippen LogP contribution in [0.4, 0.5) is 9.18 Å². The van der Waals surface area contributed by atoms with Crippen molar-refractivity contribution in [1.29, 1.82) is 5.26 Å². The number of imide groups is 1. The Morgan fingerprint density at radius 1 is 1.42 bits per heavy atom. The molecule has 1 aliphatic rings. The van der Waals surface area contributed by atoms with Crippen LogP contribution in [0.15, 0.2) is 24.3 Å². The molecule has 138 valence electrons. The molecular weight excluding hydrogens is 339 g/mol. The zero-order valence-corrected chi connectivity index (χ0v) is 15.1. The Kier molecular flexibility index (Phi) is 5.03. The van der Waals surface area contributed by atoms with Crippen LogP contribution in [0.5, 0.6) is 0 Å². The molecule has 1 saturated heterocycles. The number of halogens is 1. The van der Waals surface area contributed by atoms with Crippen molar-refractivity contribution in [1.82, 2.24) is 15.5 Å². The number of amides is 4. The van der Waals surface area contributed by atoms with Crippen molar-refractivity contribution in [3.8, 4) is 6.07 Å². The second kappa shape index (κ2) is 6.75. The lowest BCUT2D eigenvalue weighted by Crippen LogP contribution is -2.52. The maximum absolute atomic E-state index is 14.1. The van der Waals surface area contributed by atoms with Crippen LogP contribution in [0.1, 0.15) is 33.3 Å². The van der Waals surface area contributed by atoms with E-state index in [2.05, 4.69) is 10.6 Å². The second-order valence-corrected chi connectivity index (χ2v) is 6.94.